The summed E-state index contributed by atoms with van der Waals surface area (Å²) < 4.78 is 25.9. The number of hydrogen-bond acceptors (Lipinski definition) is 5. The van der Waals surface area contributed by atoms with E-state index in [-0.39, 0.29) is 20.7 Å². The summed E-state index contributed by atoms with van der Waals surface area (Å²) in [6.45, 7) is -0.483. The van der Waals surface area contributed by atoms with Crippen LogP contribution in [0.3, 0.4) is 0 Å². The van der Waals surface area contributed by atoms with Crippen LogP contribution < -0.4 is 5.43 Å². The number of sulfonamides is 1. The first-order valence-electron chi connectivity index (χ1n) is 7.23. The van der Waals surface area contributed by atoms with E-state index in [2.05, 4.69) is 10.5 Å². The van der Waals surface area contributed by atoms with Crippen molar-refractivity contribution in [1.29, 1.82) is 0 Å². The van der Waals surface area contributed by atoms with Gasteiger partial charge in [0.2, 0.25) is 10.0 Å². The molecule has 0 saturated heterocycles. The summed E-state index contributed by atoms with van der Waals surface area (Å²) in [7, 11) is -2.77. The number of amides is 1. The topological polar surface area (TPSA) is 99.1 Å². The minimum atomic E-state index is -4.01. The summed E-state index contributed by atoms with van der Waals surface area (Å²) in [5.41, 5.74) is 2.60. The van der Waals surface area contributed by atoms with E-state index in [1.165, 1.54) is 37.5 Å². The lowest BCUT2D eigenvalue weighted by Crippen LogP contribution is -2.36. The maximum atomic E-state index is 12.5. The average molecular weight is 416 g/mol. The second-order valence-electron chi connectivity index (χ2n) is 5.19. The third-order valence-electron chi connectivity index (χ3n) is 3.28. The van der Waals surface area contributed by atoms with Gasteiger partial charge in [0.05, 0.1) is 17.8 Å². The van der Waals surface area contributed by atoms with Crippen molar-refractivity contribution in [2.75, 3.05) is 13.6 Å². The maximum Gasteiger partial charge on any atom is 0.255 e. The van der Waals surface area contributed by atoms with Crippen LogP contribution in [-0.2, 0) is 14.8 Å². The number of phenols is 1. The van der Waals surface area contributed by atoms with Crippen molar-refractivity contribution in [1.82, 2.24) is 9.73 Å². The lowest BCUT2D eigenvalue weighted by Gasteiger charge is -2.17. The van der Waals surface area contributed by atoms with Gasteiger partial charge in [0.15, 0.2) is 0 Å². The van der Waals surface area contributed by atoms with E-state index in [1.807, 2.05) is 0 Å². The number of hydrogen-bond donors (Lipinski definition) is 2. The van der Waals surface area contributed by atoms with Crippen molar-refractivity contribution in [3.63, 3.8) is 0 Å². The number of rotatable bonds is 6. The molecule has 0 fully saturated rings. The number of likely N-dealkylation sites (N-methyl/N-ethyl adjacent to an activating group) is 1. The van der Waals surface area contributed by atoms with Crippen molar-refractivity contribution in [2.45, 2.75) is 4.90 Å². The Hall–Kier alpha value is -2.13. The van der Waals surface area contributed by atoms with Gasteiger partial charge in [0.25, 0.3) is 5.91 Å². The van der Waals surface area contributed by atoms with Crippen molar-refractivity contribution in [3.05, 3.63) is 58.1 Å². The number of halogens is 2. The SMILES string of the molecule is CN(CC(=O)N/N=C\c1ccccc1O)S(=O)(=O)c1cc(Cl)ccc1Cl. The second kappa shape index (κ2) is 8.50. The molecule has 2 aromatic rings. The van der Waals surface area contributed by atoms with E-state index < -0.39 is 22.5 Å². The van der Waals surface area contributed by atoms with Crippen LogP contribution in [0.5, 0.6) is 5.75 Å². The molecule has 0 saturated carbocycles. The molecule has 0 heterocycles. The molecule has 0 aliphatic carbocycles. The van der Waals surface area contributed by atoms with E-state index >= 15 is 0 Å². The summed E-state index contributed by atoms with van der Waals surface area (Å²) in [6, 6.07) is 10.4. The third-order valence-corrected chi connectivity index (χ3v) is 5.80. The molecule has 0 atom stereocenters. The molecule has 10 heteroatoms. The highest BCUT2D eigenvalue weighted by Crippen LogP contribution is 2.27. The summed E-state index contributed by atoms with van der Waals surface area (Å²) in [5, 5.41) is 13.5. The number of para-hydroxylation sites is 1. The lowest BCUT2D eigenvalue weighted by molar-refractivity contribution is -0.121. The fourth-order valence-corrected chi connectivity index (χ4v) is 3.80. The van der Waals surface area contributed by atoms with Gasteiger partial charge in [-0.2, -0.15) is 9.41 Å². The molecule has 2 rings (SSSR count). The number of aromatic hydroxyl groups is 1. The number of nitrogens with one attached hydrogen (secondary N) is 1. The average Bonchev–Trinajstić information content (AvgIpc) is 2.58. The van der Waals surface area contributed by atoms with Gasteiger partial charge in [0, 0.05) is 17.6 Å². The van der Waals surface area contributed by atoms with Crippen molar-refractivity contribution < 1.29 is 18.3 Å². The minimum Gasteiger partial charge on any atom is -0.507 e. The molecule has 0 aliphatic heterocycles. The van der Waals surface area contributed by atoms with Crippen LogP contribution in [0.1, 0.15) is 5.56 Å². The van der Waals surface area contributed by atoms with Crippen LogP contribution >= 0.6 is 23.2 Å². The first kappa shape index (κ1) is 20.2. The van der Waals surface area contributed by atoms with Gasteiger partial charge in [-0.3, -0.25) is 4.79 Å². The first-order valence-corrected chi connectivity index (χ1v) is 9.42. The molecule has 0 aromatic heterocycles. The van der Waals surface area contributed by atoms with Crippen LogP contribution in [-0.4, -0.2) is 43.5 Å². The van der Waals surface area contributed by atoms with E-state index in [0.717, 1.165) is 4.31 Å². The van der Waals surface area contributed by atoms with Gasteiger partial charge in [-0.25, -0.2) is 13.8 Å². The largest absolute Gasteiger partial charge is 0.507 e. The lowest BCUT2D eigenvalue weighted by atomic mass is 10.2. The zero-order chi connectivity index (χ0) is 19.3. The van der Waals surface area contributed by atoms with Crippen LogP contribution in [0, 0.1) is 0 Å². The van der Waals surface area contributed by atoms with Gasteiger partial charge in [0.1, 0.15) is 10.6 Å². The van der Waals surface area contributed by atoms with Crippen molar-refractivity contribution >= 4 is 45.3 Å². The number of nitrogens with zero attached hydrogens (tertiary/aromatic N) is 2. The molecule has 0 bridgehead atoms. The van der Waals surface area contributed by atoms with Gasteiger partial charge >= 0.3 is 0 Å². The zero-order valence-corrected chi connectivity index (χ0v) is 15.9. The molecule has 0 aliphatic rings. The fourth-order valence-electron chi connectivity index (χ4n) is 1.94. The molecule has 138 valence electrons. The Balaban J connectivity index is 2.04. The highest BCUT2D eigenvalue weighted by molar-refractivity contribution is 7.89. The molecule has 7 nitrogen and oxygen atoms in total. The number of phenolic OH excluding ortho intramolecular Hbond substituents is 1. The fraction of sp³-hybridized carbons (Fsp3) is 0.125. The number of carbonyl (C=O) groups excluding carboxylic acids is 1. The molecule has 0 radical (unpaired) electrons. The van der Waals surface area contributed by atoms with E-state index in [0.29, 0.717) is 5.56 Å². The number of carbonyl (C=O) groups is 1. The van der Waals surface area contributed by atoms with Crippen LogP contribution in [0.4, 0.5) is 0 Å². The van der Waals surface area contributed by atoms with Gasteiger partial charge in [-0.05, 0) is 30.3 Å². The number of benzene rings is 2. The van der Waals surface area contributed by atoms with E-state index in [4.69, 9.17) is 23.2 Å². The smallest absolute Gasteiger partial charge is 0.255 e. The maximum absolute atomic E-state index is 12.5. The summed E-state index contributed by atoms with van der Waals surface area (Å²) in [4.78, 5) is 11.7. The first-order chi connectivity index (χ1) is 12.2. The van der Waals surface area contributed by atoms with E-state index in [1.54, 1.807) is 18.2 Å². The normalized spacial score (nSPS) is 11.8. The molecule has 2 aromatic carbocycles. The van der Waals surface area contributed by atoms with Crippen molar-refractivity contribution in [2.24, 2.45) is 5.10 Å². The summed E-state index contributed by atoms with van der Waals surface area (Å²) in [5.74, 6) is -0.665. The predicted molar refractivity (Wildman–Crippen MR) is 100 cm³/mol. The Bertz CT molecular complexity index is 948. The standard InChI is InChI=1S/C16H15Cl2N3O4S/c1-21(26(24,25)15-8-12(17)6-7-13(15)18)10-16(23)20-19-9-11-4-2-3-5-14(11)22/h2-9,22H,10H2,1H3,(H,20,23)/b19-9-. The minimum absolute atomic E-state index is 0.000711. The third kappa shape index (κ3) is 4.95. The molecule has 1 amide bonds. The van der Waals surface area contributed by atoms with Crippen LogP contribution in [0.15, 0.2) is 52.5 Å². The zero-order valence-electron chi connectivity index (χ0n) is 13.6. The molecule has 0 spiro atoms. The highest BCUT2D eigenvalue weighted by Gasteiger charge is 2.25. The monoisotopic (exact) mass is 415 g/mol. The Morgan fingerprint density at radius 3 is 2.65 bits per heavy atom. The second-order valence-corrected chi connectivity index (χ2v) is 8.04. The predicted octanol–water partition coefficient (Wildman–Crippen LogP) is 2.47. The van der Waals surface area contributed by atoms with Crippen LogP contribution in [0.2, 0.25) is 10.0 Å². The Kier molecular flexibility index (Phi) is 6.60. The van der Waals surface area contributed by atoms with Crippen molar-refractivity contribution in [3.8, 4) is 5.75 Å². The highest BCUT2D eigenvalue weighted by atomic mass is 35.5. The molecular weight excluding hydrogens is 401 g/mol. The van der Waals surface area contributed by atoms with E-state index in [9.17, 15) is 18.3 Å². The summed E-state index contributed by atoms with van der Waals surface area (Å²) >= 11 is 11.7. The summed E-state index contributed by atoms with van der Waals surface area (Å²) in [6.07, 6.45) is 1.25. The van der Waals surface area contributed by atoms with Gasteiger partial charge in [-0.1, -0.05) is 35.3 Å². The molecule has 26 heavy (non-hydrogen) atoms. The molecule has 0 unspecified atom stereocenters. The molecular formula is C16H15Cl2N3O4S. The Morgan fingerprint density at radius 1 is 1.27 bits per heavy atom. The van der Waals surface area contributed by atoms with Gasteiger partial charge in [-0.15, -0.1) is 0 Å². The number of hydrazone groups is 1. The van der Waals surface area contributed by atoms with Gasteiger partial charge < -0.3 is 5.11 Å². The van der Waals surface area contributed by atoms with Crippen LogP contribution in [0.25, 0.3) is 0 Å². The Morgan fingerprint density at radius 2 is 1.96 bits per heavy atom. The Labute approximate surface area is 160 Å². The molecule has 2 N–H and O–H groups in total. The quantitative estimate of drug-likeness (QED) is 0.558.